The molecule has 0 aromatic rings. The molecule has 1 fully saturated rings. The van der Waals surface area contributed by atoms with Crippen molar-refractivity contribution in [3.63, 3.8) is 0 Å². The molecule has 13 heavy (non-hydrogen) atoms. The van der Waals surface area contributed by atoms with Crippen LogP contribution in [0, 0.1) is 0 Å². The van der Waals surface area contributed by atoms with Crippen molar-refractivity contribution < 1.29 is 39.5 Å². The Morgan fingerprint density at radius 3 is 2.38 bits per heavy atom. The summed E-state index contributed by atoms with van der Waals surface area (Å²) in [4.78, 5) is 10.0. The van der Waals surface area contributed by atoms with E-state index in [-0.39, 0.29) is 29.6 Å². The van der Waals surface area contributed by atoms with Gasteiger partial charge in [0.1, 0.15) is 0 Å². The van der Waals surface area contributed by atoms with Gasteiger partial charge >= 0.3 is 29.6 Å². The Labute approximate surface area is 101 Å². The fraction of sp³-hybridized carbons (Fsp3) is 0.500. The van der Waals surface area contributed by atoms with Gasteiger partial charge in [-0.2, -0.15) is 0 Å². The zero-order valence-corrected chi connectivity index (χ0v) is 10.1. The van der Waals surface area contributed by atoms with Gasteiger partial charge in [0.2, 0.25) is 0 Å². The monoisotopic (exact) mass is 188 g/mol. The van der Waals surface area contributed by atoms with Gasteiger partial charge in [0.15, 0.2) is 0 Å². The maximum atomic E-state index is 10.0. The standard InChI is InChI=1S/C10H14O2.Na/c11-10(12)8-4-7-9-5-2-1-3-6-9;/h4,7-8H,1-3,5-6H2,(H,11,12);/q;+1/p-1/b8-4+;. The van der Waals surface area contributed by atoms with Gasteiger partial charge in [0.25, 0.3) is 0 Å². The number of carbonyl (C=O) groups excluding carboxylic acids is 1. The molecule has 3 heteroatoms. The molecule has 0 radical (unpaired) electrons. The molecule has 0 atom stereocenters. The molecule has 0 saturated heterocycles. The smallest absolute Gasteiger partial charge is 0.545 e. The number of carboxylic acids is 1. The summed E-state index contributed by atoms with van der Waals surface area (Å²) in [5.74, 6) is -1.12. The van der Waals surface area contributed by atoms with E-state index in [9.17, 15) is 9.90 Å². The number of carboxylic acid groups (broad SMARTS) is 1. The van der Waals surface area contributed by atoms with Crippen molar-refractivity contribution in [1.29, 1.82) is 0 Å². The second-order valence-corrected chi connectivity index (χ2v) is 3.06. The van der Waals surface area contributed by atoms with Crippen LogP contribution in [0.1, 0.15) is 32.1 Å². The average molecular weight is 188 g/mol. The first-order chi connectivity index (χ1) is 5.79. The second kappa shape index (κ2) is 7.36. The molecule has 0 aromatic carbocycles. The third-order valence-corrected chi connectivity index (χ3v) is 2.06. The van der Waals surface area contributed by atoms with Crippen LogP contribution in [0.5, 0.6) is 0 Å². The Kier molecular flexibility index (Phi) is 7.33. The van der Waals surface area contributed by atoms with Crippen molar-refractivity contribution in [3.05, 3.63) is 23.8 Å². The summed E-state index contributed by atoms with van der Waals surface area (Å²) in [6.07, 6.45) is 10.6. The summed E-state index contributed by atoms with van der Waals surface area (Å²) in [6, 6.07) is 0. The van der Waals surface area contributed by atoms with Crippen LogP contribution in [0.4, 0.5) is 0 Å². The normalized spacial score (nSPS) is 16.8. The van der Waals surface area contributed by atoms with Crippen molar-refractivity contribution in [3.8, 4) is 0 Å². The van der Waals surface area contributed by atoms with E-state index in [1.165, 1.54) is 24.8 Å². The summed E-state index contributed by atoms with van der Waals surface area (Å²) in [7, 11) is 0. The molecule has 0 heterocycles. The van der Waals surface area contributed by atoms with E-state index in [2.05, 4.69) is 0 Å². The van der Waals surface area contributed by atoms with Crippen molar-refractivity contribution in [1.82, 2.24) is 0 Å². The van der Waals surface area contributed by atoms with Crippen LogP contribution in [0.2, 0.25) is 0 Å². The molecule has 1 saturated carbocycles. The topological polar surface area (TPSA) is 40.1 Å². The first-order valence-electron chi connectivity index (χ1n) is 4.36. The number of hydrogen-bond donors (Lipinski definition) is 0. The molecule has 0 amide bonds. The van der Waals surface area contributed by atoms with Crippen molar-refractivity contribution in [2.24, 2.45) is 0 Å². The van der Waals surface area contributed by atoms with Gasteiger partial charge < -0.3 is 9.90 Å². The van der Waals surface area contributed by atoms with Crippen molar-refractivity contribution in [2.45, 2.75) is 32.1 Å². The van der Waals surface area contributed by atoms with E-state index in [1.54, 1.807) is 6.08 Å². The Balaban J connectivity index is 0.00000144. The first kappa shape index (κ1) is 12.9. The molecule has 0 aromatic heterocycles. The maximum absolute atomic E-state index is 10.0. The van der Waals surface area contributed by atoms with E-state index in [1.807, 2.05) is 6.08 Å². The van der Waals surface area contributed by atoms with Crippen LogP contribution < -0.4 is 34.7 Å². The molecule has 1 aliphatic rings. The number of carbonyl (C=O) groups is 1. The van der Waals surface area contributed by atoms with Gasteiger partial charge in [-0.05, 0) is 31.8 Å². The molecule has 1 aliphatic carbocycles. The Morgan fingerprint density at radius 1 is 1.23 bits per heavy atom. The van der Waals surface area contributed by atoms with Crippen LogP contribution >= 0.6 is 0 Å². The molecular weight excluding hydrogens is 175 g/mol. The molecule has 0 unspecified atom stereocenters. The molecule has 1 rings (SSSR count). The fourth-order valence-corrected chi connectivity index (χ4v) is 1.44. The van der Waals surface area contributed by atoms with E-state index >= 15 is 0 Å². The predicted octanol–water partition coefficient (Wildman–Crippen LogP) is -1.81. The van der Waals surface area contributed by atoms with Crippen LogP contribution in [-0.4, -0.2) is 5.97 Å². The van der Waals surface area contributed by atoms with Crippen molar-refractivity contribution >= 4 is 5.97 Å². The first-order valence-corrected chi connectivity index (χ1v) is 4.36. The molecule has 0 spiro atoms. The van der Waals surface area contributed by atoms with E-state index in [4.69, 9.17) is 0 Å². The molecule has 0 N–H and O–H groups in total. The van der Waals surface area contributed by atoms with Crippen LogP contribution in [-0.2, 0) is 4.79 Å². The van der Waals surface area contributed by atoms with Crippen LogP contribution in [0.25, 0.3) is 0 Å². The van der Waals surface area contributed by atoms with E-state index in [0.717, 1.165) is 18.9 Å². The van der Waals surface area contributed by atoms with E-state index in [0.29, 0.717) is 0 Å². The second-order valence-electron chi connectivity index (χ2n) is 3.06. The van der Waals surface area contributed by atoms with Crippen LogP contribution in [0.3, 0.4) is 0 Å². The Morgan fingerprint density at radius 2 is 1.85 bits per heavy atom. The van der Waals surface area contributed by atoms with Gasteiger partial charge in [-0.3, -0.25) is 0 Å². The number of rotatable bonds is 2. The minimum atomic E-state index is -1.12. The summed E-state index contributed by atoms with van der Waals surface area (Å²) in [5.41, 5.74) is 1.36. The number of aliphatic carboxylic acids is 1. The van der Waals surface area contributed by atoms with Gasteiger partial charge in [0.05, 0.1) is 5.97 Å². The Hall–Kier alpha value is -0.0500. The third kappa shape index (κ3) is 6.08. The number of allylic oxidation sites excluding steroid dienone is 3. The largest absolute Gasteiger partial charge is 1.00 e. The zero-order valence-electron chi connectivity index (χ0n) is 8.08. The number of hydrogen-bond acceptors (Lipinski definition) is 2. The summed E-state index contributed by atoms with van der Waals surface area (Å²) >= 11 is 0. The molecule has 0 aliphatic heterocycles. The predicted molar refractivity (Wildman–Crippen MR) is 45.3 cm³/mol. The van der Waals surface area contributed by atoms with Gasteiger partial charge in [-0.15, -0.1) is 0 Å². The quantitative estimate of drug-likeness (QED) is 0.378. The van der Waals surface area contributed by atoms with Gasteiger partial charge in [0, 0.05) is 0 Å². The zero-order chi connectivity index (χ0) is 8.81. The average Bonchev–Trinajstić information content (AvgIpc) is 2.05. The SMILES string of the molecule is O=C([O-])/C=C/C=C1CCCCC1.[Na+]. The third-order valence-electron chi connectivity index (χ3n) is 2.06. The minimum Gasteiger partial charge on any atom is -0.545 e. The van der Waals surface area contributed by atoms with Crippen molar-refractivity contribution in [2.75, 3.05) is 0 Å². The maximum Gasteiger partial charge on any atom is 1.00 e. The van der Waals surface area contributed by atoms with Crippen LogP contribution in [0.15, 0.2) is 23.8 Å². The summed E-state index contributed by atoms with van der Waals surface area (Å²) in [5, 5.41) is 10.0. The molecular formula is C10H13NaO2. The molecule has 0 bridgehead atoms. The van der Waals surface area contributed by atoms with Gasteiger partial charge in [-0.25, -0.2) is 0 Å². The molecule has 2 nitrogen and oxygen atoms in total. The van der Waals surface area contributed by atoms with Gasteiger partial charge in [-0.1, -0.05) is 24.1 Å². The minimum absolute atomic E-state index is 0. The fourth-order valence-electron chi connectivity index (χ4n) is 1.44. The summed E-state index contributed by atoms with van der Waals surface area (Å²) in [6.45, 7) is 0. The summed E-state index contributed by atoms with van der Waals surface area (Å²) < 4.78 is 0. The Bertz CT molecular complexity index is 211. The molecule has 66 valence electrons. The van der Waals surface area contributed by atoms with E-state index < -0.39 is 5.97 Å².